The molecule has 0 amide bonds. The van der Waals surface area contributed by atoms with E-state index in [1.165, 1.54) is 4.27 Å². The Morgan fingerprint density at radius 3 is 2.17 bits per heavy atom. The zero-order valence-corrected chi connectivity index (χ0v) is 10.6. The molecule has 0 rings (SSSR count). The van der Waals surface area contributed by atoms with E-state index in [2.05, 4.69) is 0 Å². The van der Waals surface area contributed by atoms with Gasteiger partial charge in [-0.05, 0) is 0 Å². The van der Waals surface area contributed by atoms with Crippen molar-refractivity contribution in [1.29, 1.82) is 0 Å². The predicted molar refractivity (Wildman–Crippen MR) is 26.9 cm³/mol. The molecule has 0 aromatic rings. The second-order valence-electron chi connectivity index (χ2n) is 1.43. The third-order valence-corrected chi connectivity index (χ3v) is 2.98. The standard InChI is InChI=1S/C4H9O.Cs/c1-2-3-4-5;/h5H,1-4H2;. The van der Waals surface area contributed by atoms with Gasteiger partial charge in [-0.1, -0.05) is 0 Å². The fourth-order valence-corrected chi connectivity index (χ4v) is 1.93. The van der Waals surface area contributed by atoms with E-state index in [4.69, 9.17) is 5.11 Å². The van der Waals surface area contributed by atoms with Gasteiger partial charge in [0.05, 0.1) is 0 Å². The maximum absolute atomic E-state index is 8.22. The maximum atomic E-state index is 8.22. The molecule has 6 heavy (non-hydrogen) atoms. The number of aliphatic hydroxyl groups is 1. The van der Waals surface area contributed by atoms with Crippen LogP contribution in [0.3, 0.4) is 0 Å². The van der Waals surface area contributed by atoms with Crippen LogP contribution in [0.1, 0.15) is 12.8 Å². The molecule has 0 heterocycles. The summed E-state index contributed by atoms with van der Waals surface area (Å²) >= 11 is 0.795. The Labute approximate surface area is 85.9 Å². The molecule has 0 saturated carbocycles. The topological polar surface area (TPSA) is 20.2 Å². The van der Waals surface area contributed by atoms with E-state index in [9.17, 15) is 0 Å². The molecule has 32 valence electrons. The number of rotatable bonds is 3. The first-order valence-corrected chi connectivity index (χ1v) is 6.96. The number of hydrogen-bond acceptors (Lipinski definition) is 1. The fourth-order valence-electron chi connectivity index (χ4n) is 0.362. The number of hydrogen-bond donors (Lipinski definition) is 1. The van der Waals surface area contributed by atoms with E-state index in [1.54, 1.807) is 0 Å². The summed E-state index contributed by atoms with van der Waals surface area (Å²) in [5, 5.41) is 8.22. The van der Waals surface area contributed by atoms with Gasteiger partial charge in [-0.2, -0.15) is 0 Å². The van der Waals surface area contributed by atoms with Crippen LogP contribution in [0, 0.1) is 0 Å². The Morgan fingerprint density at radius 1 is 1.33 bits per heavy atom. The average molecular weight is 206 g/mol. The van der Waals surface area contributed by atoms with Gasteiger partial charge in [0.2, 0.25) is 0 Å². The Balaban J connectivity index is 2.34. The van der Waals surface area contributed by atoms with Gasteiger partial charge in [-0.25, -0.2) is 0 Å². The Morgan fingerprint density at radius 2 is 2.00 bits per heavy atom. The molecule has 0 aliphatic carbocycles. The van der Waals surface area contributed by atoms with Gasteiger partial charge in [0, 0.05) is 0 Å². The first-order chi connectivity index (χ1) is 2.91. The Hall–Kier alpha value is 2.01. The molecule has 1 nitrogen and oxygen atoms in total. The normalized spacial score (nSPS) is 9.17. The summed E-state index contributed by atoms with van der Waals surface area (Å²) in [6.07, 6.45) is 2.29. The van der Waals surface area contributed by atoms with Gasteiger partial charge in [0.25, 0.3) is 0 Å². The Kier molecular flexibility index (Phi) is 9.36. The van der Waals surface area contributed by atoms with E-state index in [1.807, 2.05) is 0 Å². The molecule has 1 N–H and O–H groups in total. The van der Waals surface area contributed by atoms with Crippen molar-refractivity contribution in [2.75, 3.05) is 6.61 Å². The average Bonchev–Trinajstić information content (AvgIpc) is 1.61. The molecule has 0 spiro atoms. The van der Waals surface area contributed by atoms with Crippen LogP contribution < -0.4 is 0 Å². The monoisotopic (exact) mass is 206 g/mol. The summed E-state index contributed by atoms with van der Waals surface area (Å²) in [6.45, 7) is 0.391. The van der Waals surface area contributed by atoms with E-state index in [0.29, 0.717) is 6.61 Å². The quantitative estimate of drug-likeness (QED) is 0.660. The van der Waals surface area contributed by atoms with Crippen LogP contribution in [0.2, 0.25) is -2.15 Å². The van der Waals surface area contributed by atoms with E-state index in [-0.39, 0.29) is 0 Å². The number of unbranched alkanes of at least 4 members (excludes halogenated alkanes) is 1. The van der Waals surface area contributed by atoms with Crippen LogP contribution in [-0.2, 0) is 0 Å². The van der Waals surface area contributed by atoms with Gasteiger partial charge in [0.15, 0.2) is 0 Å². The Bertz CT molecular complexity index is 19.5. The molecular weight excluding hydrogens is 197 g/mol. The summed E-state index contributed by atoms with van der Waals surface area (Å²) in [5.74, 6) is 0. The van der Waals surface area contributed by atoms with Crippen molar-refractivity contribution >= 4 is 65.9 Å². The molecule has 0 aromatic heterocycles. The molecule has 0 atom stereocenters. The van der Waals surface area contributed by atoms with E-state index in [0.717, 1.165) is 72.3 Å². The molecule has 0 aliphatic heterocycles. The van der Waals surface area contributed by atoms with Crippen molar-refractivity contribution in [1.82, 2.24) is 0 Å². The molecule has 0 aromatic carbocycles. The second-order valence-corrected chi connectivity index (χ2v) is 4.57. The summed E-state index contributed by atoms with van der Waals surface area (Å²) in [6, 6.07) is 0. The van der Waals surface area contributed by atoms with Crippen molar-refractivity contribution in [2.24, 2.45) is 0 Å². The van der Waals surface area contributed by atoms with Gasteiger partial charge >= 0.3 is 88.3 Å². The third-order valence-electron chi connectivity index (χ3n) is 0.762. The SMILES string of the molecule is OCCC[CH2][Cs]. The minimum absolute atomic E-state index is 0.391. The van der Waals surface area contributed by atoms with E-state index >= 15 is 0 Å². The zero-order chi connectivity index (χ0) is 4.83. The summed E-state index contributed by atoms with van der Waals surface area (Å²) in [5.41, 5.74) is 0. The first kappa shape index (κ1) is 8.01. The molecule has 2 heteroatoms. The molecule has 0 fully saturated rings. The predicted octanol–water partition coefficient (Wildman–Crippen LogP) is 0.346. The summed E-state index contributed by atoms with van der Waals surface area (Å²) in [4.78, 5) is 0. The van der Waals surface area contributed by atoms with Crippen molar-refractivity contribution in [3.63, 3.8) is 0 Å². The van der Waals surface area contributed by atoms with Crippen molar-refractivity contribution in [2.45, 2.75) is 10.7 Å². The van der Waals surface area contributed by atoms with Crippen LogP contribution in [0.4, 0.5) is 0 Å². The van der Waals surface area contributed by atoms with Gasteiger partial charge < -0.3 is 0 Å². The van der Waals surface area contributed by atoms with Crippen molar-refractivity contribution in [3.05, 3.63) is 0 Å². The van der Waals surface area contributed by atoms with Gasteiger partial charge in [-0.15, -0.1) is 0 Å². The zero-order valence-electron chi connectivity index (χ0n) is 4.28. The van der Waals surface area contributed by atoms with Crippen LogP contribution in [0.5, 0.6) is 0 Å². The van der Waals surface area contributed by atoms with Gasteiger partial charge in [-0.3, -0.25) is 0 Å². The molecule has 0 bridgehead atoms. The van der Waals surface area contributed by atoms with Crippen LogP contribution in [0.15, 0.2) is 0 Å². The first-order valence-electron chi connectivity index (χ1n) is 2.52. The van der Waals surface area contributed by atoms with E-state index < -0.39 is 0 Å². The van der Waals surface area contributed by atoms with Gasteiger partial charge in [0.1, 0.15) is 0 Å². The summed E-state index contributed by atoms with van der Waals surface area (Å²) < 4.78 is 1.42. The minimum atomic E-state index is 0.391. The molecule has 0 aliphatic rings. The summed E-state index contributed by atoms with van der Waals surface area (Å²) in [7, 11) is 0. The fraction of sp³-hybridized carbons (Fsp3) is 1.00. The van der Waals surface area contributed by atoms with Crippen LogP contribution >= 0.6 is 0 Å². The van der Waals surface area contributed by atoms with Crippen LogP contribution in [-0.4, -0.2) is 77.6 Å². The third kappa shape index (κ3) is 6.01. The van der Waals surface area contributed by atoms with Crippen molar-refractivity contribution < 1.29 is 5.11 Å². The second kappa shape index (κ2) is 7.01. The molecule has 0 unspecified atom stereocenters. The molecule has 0 saturated heterocycles. The van der Waals surface area contributed by atoms with Crippen LogP contribution in [0.25, 0.3) is 0 Å². The molecule has 0 radical (unpaired) electrons. The number of aliphatic hydroxyl groups excluding tert-OH is 1. The van der Waals surface area contributed by atoms with Crippen molar-refractivity contribution in [3.8, 4) is 0 Å². The molecular formula is C4H9CsO.